The van der Waals surface area contributed by atoms with Gasteiger partial charge >= 0.3 is 0 Å². The van der Waals surface area contributed by atoms with Crippen molar-refractivity contribution in [1.82, 2.24) is 0 Å². The van der Waals surface area contributed by atoms with Crippen molar-refractivity contribution in [2.45, 2.75) is 16.8 Å². The maximum absolute atomic E-state index is 11.3. The zero-order chi connectivity index (χ0) is 12.5. The van der Waals surface area contributed by atoms with E-state index in [4.69, 9.17) is 4.42 Å². The number of carbonyl (C=O) groups is 1. The van der Waals surface area contributed by atoms with Gasteiger partial charge in [-0.2, -0.15) is 0 Å². The highest BCUT2D eigenvalue weighted by Crippen LogP contribution is 2.34. The summed E-state index contributed by atoms with van der Waals surface area (Å²) in [6, 6.07) is 9.33. The molecule has 0 spiro atoms. The Morgan fingerprint density at radius 3 is 3.06 bits per heavy atom. The number of aliphatic hydroxyl groups is 1. The van der Waals surface area contributed by atoms with Gasteiger partial charge in [-0.15, -0.1) is 11.8 Å². The van der Waals surface area contributed by atoms with E-state index in [9.17, 15) is 9.90 Å². The van der Waals surface area contributed by atoms with E-state index in [0.717, 1.165) is 16.4 Å². The van der Waals surface area contributed by atoms with Gasteiger partial charge in [-0.05, 0) is 24.3 Å². The minimum atomic E-state index is -1.04. The van der Waals surface area contributed by atoms with E-state index in [2.05, 4.69) is 5.32 Å². The van der Waals surface area contributed by atoms with Crippen molar-refractivity contribution < 1.29 is 14.3 Å². The third-order valence-corrected chi connectivity index (χ3v) is 3.80. The van der Waals surface area contributed by atoms with Crippen molar-refractivity contribution in [3.8, 4) is 0 Å². The van der Waals surface area contributed by atoms with Crippen LogP contribution in [-0.4, -0.2) is 11.0 Å². The molecule has 1 aromatic heterocycles. The van der Waals surface area contributed by atoms with Gasteiger partial charge < -0.3 is 14.8 Å². The number of nitrogens with one attached hydrogen (secondary N) is 1. The second-order valence-electron chi connectivity index (χ2n) is 4.01. The minimum absolute atomic E-state index is 0.363. The average molecular weight is 261 g/mol. The molecule has 1 aliphatic rings. The number of furan rings is 1. The summed E-state index contributed by atoms with van der Waals surface area (Å²) in [7, 11) is 0. The first-order valence-corrected chi connectivity index (χ1v) is 6.50. The normalized spacial score (nSPS) is 17.6. The summed E-state index contributed by atoms with van der Waals surface area (Å²) in [5, 5.41) is 12.2. The van der Waals surface area contributed by atoms with E-state index >= 15 is 0 Å². The van der Waals surface area contributed by atoms with Crippen molar-refractivity contribution in [2.24, 2.45) is 0 Å². The first kappa shape index (κ1) is 11.4. The molecule has 92 valence electrons. The molecule has 1 aromatic carbocycles. The fraction of sp³-hybridized carbons (Fsp3) is 0.154. The monoisotopic (exact) mass is 261 g/mol. The lowest BCUT2D eigenvalue weighted by Crippen LogP contribution is -2.10. The molecule has 0 radical (unpaired) electrons. The number of hydrogen-bond acceptors (Lipinski definition) is 4. The highest BCUT2D eigenvalue weighted by atomic mass is 32.2. The number of hydrogen-bond donors (Lipinski definition) is 2. The number of benzene rings is 1. The molecule has 4 nitrogen and oxygen atoms in total. The molecule has 2 N–H and O–H groups in total. The molecular weight excluding hydrogens is 250 g/mol. The van der Waals surface area contributed by atoms with Gasteiger partial charge in [0.15, 0.2) is 6.10 Å². The van der Waals surface area contributed by atoms with Crippen molar-refractivity contribution in [1.29, 1.82) is 0 Å². The fourth-order valence-corrected chi connectivity index (χ4v) is 2.70. The van der Waals surface area contributed by atoms with E-state index in [-0.39, 0.29) is 5.91 Å². The lowest BCUT2D eigenvalue weighted by Gasteiger charge is -2.04. The van der Waals surface area contributed by atoms with Crippen LogP contribution in [0.1, 0.15) is 17.4 Å². The van der Waals surface area contributed by atoms with Gasteiger partial charge in [0.1, 0.15) is 5.76 Å². The van der Waals surface area contributed by atoms with Crippen LogP contribution in [0.3, 0.4) is 0 Å². The molecule has 1 aliphatic heterocycles. The highest BCUT2D eigenvalue weighted by Gasteiger charge is 2.28. The van der Waals surface area contributed by atoms with E-state index in [1.54, 1.807) is 24.1 Å². The highest BCUT2D eigenvalue weighted by molar-refractivity contribution is 7.98. The molecule has 18 heavy (non-hydrogen) atoms. The molecule has 1 atom stereocenters. The Labute approximate surface area is 108 Å². The Balaban J connectivity index is 1.76. The molecule has 2 heterocycles. The summed E-state index contributed by atoms with van der Waals surface area (Å²) in [5.74, 6) is 1.28. The maximum atomic E-state index is 11.3. The minimum Gasteiger partial charge on any atom is -0.468 e. The Bertz CT molecular complexity index is 580. The van der Waals surface area contributed by atoms with Gasteiger partial charge in [0.2, 0.25) is 0 Å². The molecule has 0 bridgehead atoms. The molecule has 0 saturated carbocycles. The summed E-state index contributed by atoms with van der Waals surface area (Å²) < 4.78 is 5.25. The molecule has 1 amide bonds. The van der Waals surface area contributed by atoms with Crippen LogP contribution >= 0.6 is 11.8 Å². The Morgan fingerprint density at radius 1 is 1.39 bits per heavy atom. The Hall–Kier alpha value is -1.72. The average Bonchev–Trinajstić information content (AvgIpc) is 2.97. The molecule has 0 saturated heterocycles. The van der Waals surface area contributed by atoms with E-state index in [1.807, 2.05) is 24.3 Å². The van der Waals surface area contributed by atoms with Crippen molar-refractivity contribution in [3.05, 3.63) is 47.9 Å². The van der Waals surface area contributed by atoms with Crippen LogP contribution in [-0.2, 0) is 10.5 Å². The first-order chi connectivity index (χ1) is 8.74. The number of aliphatic hydroxyl groups excluding tert-OH is 1. The van der Waals surface area contributed by atoms with E-state index in [0.29, 0.717) is 11.3 Å². The molecular formula is C13H11NO3S. The smallest absolute Gasteiger partial charge is 0.257 e. The van der Waals surface area contributed by atoms with Crippen LogP contribution in [0.5, 0.6) is 0 Å². The molecule has 0 fully saturated rings. The van der Waals surface area contributed by atoms with Gasteiger partial charge in [0, 0.05) is 16.1 Å². The number of rotatable bonds is 3. The Morgan fingerprint density at radius 2 is 2.28 bits per heavy atom. The van der Waals surface area contributed by atoms with E-state index in [1.165, 1.54) is 0 Å². The second-order valence-corrected chi connectivity index (χ2v) is 5.06. The standard InChI is InChI=1S/C13H11NO3S/c15-12-10-4-3-9(6-11(10)14-13(12)16)18-7-8-2-1-5-17-8/h1-6,12,15H,7H2,(H,14,16). The number of fused-ring (bicyclic) bond motifs is 1. The van der Waals surface area contributed by atoms with Crippen LogP contribution in [0.25, 0.3) is 0 Å². The number of thioether (sulfide) groups is 1. The predicted molar refractivity (Wildman–Crippen MR) is 68.3 cm³/mol. The van der Waals surface area contributed by atoms with Crippen molar-refractivity contribution in [3.63, 3.8) is 0 Å². The van der Waals surface area contributed by atoms with Gasteiger partial charge in [0.25, 0.3) is 5.91 Å². The van der Waals surface area contributed by atoms with Crippen LogP contribution in [0.15, 0.2) is 45.9 Å². The SMILES string of the molecule is O=C1Nc2cc(SCc3ccco3)ccc2C1O. The third-order valence-electron chi connectivity index (χ3n) is 2.79. The number of anilines is 1. The summed E-state index contributed by atoms with van der Waals surface area (Å²) in [6.45, 7) is 0. The molecule has 3 rings (SSSR count). The molecule has 2 aromatic rings. The maximum Gasteiger partial charge on any atom is 0.257 e. The quantitative estimate of drug-likeness (QED) is 0.833. The number of carbonyl (C=O) groups excluding carboxylic acids is 1. The summed E-state index contributed by atoms with van der Waals surface area (Å²) >= 11 is 1.62. The molecule has 1 unspecified atom stereocenters. The van der Waals surface area contributed by atoms with Crippen LogP contribution in [0.4, 0.5) is 5.69 Å². The Kier molecular flexibility index (Phi) is 2.85. The van der Waals surface area contributed by atoms with Crippen molar-refractivity contribution in [2.75, 3.05) is 5.32 Å². The topological polar surface area (TPSA) is 62.5 Å². The lowest BCUT2D eigenvalue weighted by atomic mass is 10.1. The van der Waals surface area contributed by atoms with Crippen LogP contribution in [0.2, 0.25) is 0 Å². The molecule has 5 heteroatoms. The summed E-state index contributed by atoms with van der Waals surface area (Å²) in [6.07, 6.45) is 0.610. The zero-order valence-electron chi connectivity index (χ0n) is 9.42. The van der Waals surface area contributed by atoms with Gasteiger partial charge in [-0.25, -0.2) is 0 Å². The predicted octanol–water partition coefficient (Wildman–Crippen LogP) is 2.56. The lowest BCUT2D eigenvalue weighted by molar-refractivity contribution is -0.123. The summed E-state index contributed by atoms with van der Waals surface area (Å²) in [4.78, 5) is 12.3. The molecule has 0 aliphatic carbocycles. The first-order valence-electron chi connectivity index (χ1n) is 5.52. The van der Waals surface area contributed by atoms with Crippen molar-refractivity contribution >= 4 is 23.4 Å². The second kappa shape index (κ2) is 4.51. The van der Waals surface area contributed by atoms with E-state index < -0.39 is 6.10 Å². The van der Waals surface area contributed by atoms with Gasteiger partial charge in [0.05, 0.1) is 12.0 Å². The zero-order valence-corrected chi connectivity index (χ0v) is 10.2. The van der Waals surface area contributed by atoms with Gasteiger partial charge in [-0.1, -0.05) is 6.07 Å². The van der Waals surface area contributed by atoms with Gasteiger partial charge in [-0.3, -0.25) is 4.79 Å². The number of amides is 1. The van der Waals surface area contributed by atoms with Crippen LogP contribution < -0.4 is 5.32 Å². The summed E-state index contributed by atoms with van der Waals surface area (Å²) in [5.41, 5.74) is 1.33. The fourth-order valence-electron chi connectivity index (χ4n) is 1.86. The van der Waals surface area contributed by atoms with Crippen LogP contribution in [0, 0.1) is 0 Å². The largest absolute Gasteiger partial charge is 0.468 e. The third kappa shape index (κ3) is 2.02.